The quantitative estimate of drug-likeness (QED) is 0.213. The molecular weight excluding hydrogens is 827 g/mol. The van der Waals surface area contributed by atoms with Gasteiger partial charge in [-0.3, -0.25) is 19.1 Å². The fourth-order valence-electron chi connectivity index (χ4n) is 8.66. The maximum Gasteiger partial charge on any atom is 0.427 e. The molecule has 61 heavy (non-hydrogen) atoms. The second-order valence-electron chi connectivity index (χ2n) is 17.7. The van der Waals surface area contributed by atoms with Gasteiger partial charge in [0.2, 0.25) is 33.3 Å². The van der Waals surface area contributed by atoms with Gasteiger partial charge in [-0.2, -0.15) is 13.2 Å². The largest absolute Gasteiger partial charge is 0.491 e. The monoisotopic (exact) mass is 879 g/mol. The number of fused-ring (bicyclic) bond motifs is 5. The Kier molecular flexibility index (Phi) is 12.0. The molecule has 2 aromatic rings. The molecule has 4 heterocycles. The van der Waals surface area contributed by atoms with Gasteiger partial charge in [-0.25, -0.2) is 22.6 Å². The van der Waals surface area contributed by atoms with E-state index in [4.69, 9.17) is 19.2 Å². The van der Waals surface area contributed by atoms with Crippen LogP contribution >= 0.6 is 0 Å². The van der Waals surface area contributed by atoms with Gasteiger partial charge >= 0.3 is 12.3 Å². The van der Waals surface area contributed by atoms with Gasteiger partial charge in [-0.15, -0.1) is 0 Å². The maximum absolute atomic E-state index is 15.0. The predicted molar refractivity (Wildman–Crippen MR) is 214 cm³/mol. The Morgan fingerprint density at radius 2 is 1.84 bits per heavy atom. The van der Waals surface area contributed by atoms with Gasteiger partial charge in [0.15, 0.2) is 0 Å². The molecule has 14 nitrogen and oxygen atoms in total. The molecule has 3 aliphatic heterocycles. The second-order valence-corrected chi connectivity index (χ2v) is 19.8. The number of sulfonamides is 1. The van der Waals surface area contributed by atoms with E-state index in [1.807, 2.05) is 29.9 Å². The third kappa shape index (κ3) is 8.72. The molecule has 334 valence electrons. The Hall–Kier alpha value is -4.68. The first-order chi connectivity index (χ1) is 28.7. The Bertz CT molecular complexity index is 2200. The second kappa shape index (κ2) is 16.5. The summed E-state index contributed by atoms with van der Waals surface area (Å²) in [6.45, 7) is 4.20. The highest BCUT2D eigenvalue weighted by Crippen LogP contribution is 2.48. The maximum atomic E-state index is 15.0. The molecule has 1 aromatic carbocycles. The zero-order valence-electron chi connectivity index (χ0n) is 34.6. The van der Waals surface area contributed by atoms with E-state index < -0.39 is 92.6 Å². The van der Waals surface area contributed by atoms with Crippen LogP contribution in [0.5, 0.6) is 11.6 Å². The van der Waals surface area contributed by atoms with Crippen LogP contribution in [0.4, 0.5) is 22.4 Å². The number of alkyl carbamates (subject to hydrolysis) is 1. The third-order valence-corrected chi connectivity index (χ3v) is 15.0. The third-order valence-electron chi connectivity index (χ3n) is 12.9. The van der Waals surface area contributed by atoms with Crippen LogP contribution in [0.2, 0.25) is 0 Å². The molecule has 3 fully saturated rings. The number of aromatic nitrogens is 1. The summed E-state index contributed by atoms with van der Waals surface area (Å²) in [6, 6.07) is 4.49. The van der Waals surface area contributed by atoms with E-state index >= 15 is 0 Å². The SMILES string of the molecule is CC[C@@H]1C[C@H](C)CC/C=C\[C@@H]2C[C@@]2(C(=O)NS(=O)(=O)C2(CF)CC2)NC(=O)[C@@H]2C[C@@H](Oc3nc4c(c5ccccc35)OCCC4)CN2C(=O)C1NC(=O)OC(C)(C)C(F)(F)F. The Morgan fingerprint density at radius 3 is 2.51 bits per heavy atom. The van der Waals surface area contributed by atoms with Crippen LogP contribution in [0.15, 0.2) is 36.4 Å². The Morgan fingerprint density at radius 1 is 1.11 bits per heavy atom. The summed E-state index contributed by atoms with van der Waals surface area (Å²) in [5.41, 5.74) is -4.00. The first kappa shape index (κ1) is 44.4. The molecule has 7 rings (SSSR count). The van der Waals surface area contributed by atoms with Crippen molar-refractivity contribution in [2.24, 2.45) is 17.8 Å². The summed E-state index contributed by atoms with van der Waals surface area (Å²) in [7, 11) is -4.47. The van der Waals surface area contributed by atoms with Crippen molar-refractivity contribution in [3.05, 3.63) is 42.1 Å². The lowest BCUT2D eigenvalue weighted by Gasteiger charge is -2.35. The summed E-state index contributed by atoms with van der Waals surface area (Å²) in [5.74, 6) is -3.12. The van der Waals surface area contributed by atoms with Crippen LogP contribution in [-0.2, 0) is 35.6 Å². The van der Waals surface area contributed by atoms with Crippen molar-refractivity contribution in [1.29, 1.82) is 0 Å². The first-order valence-corrected chi connectivity index (χ1v) is 22.4. The normalized spacial score (nSPS) is 29.6. The number of carbonyl (C=O) groups excluding carboxylic acids is 4. The number of aryl methyl sites for hydroxylation is 1. The number of allylic oxidation sites excluding steroid dienone is 1. The number of hydrogen-bond donors (Lipinski definition) is 3. The van der Waals surface area contributed by atoms with Gasteiger partial charge in [0.05, 0.1) is 18.8 Å². The van der Waals surface area contributed by atoms with Crippen molar-refractivity contribution in [1.82, 2.24) is 25.2 Å². The fraction of sp³-hybridized carbons (Fsp3) is 0.643. The standard InChI is InChI=1S/C42H53F4N5O9S/c1-5-25-19-24(2)11-6-7-12-26-21-41(26,37(54)50-61(56,57)40(23-43)16-17-40)49-34(52)31-20-27(22-51(31)36(53)32(25)48-38(55)60-39(3,4)42(44,45)46)59-35-29-14-9-8-13-28(29)33-30(47-35)15-10-18-58-33/h7-9,12-14,24-27,31-32H,5-6,10-11,15-23H2,1-4H3,(H,48,55)(H,49,52)(H,50,54)/b12-7-/t24-,25-,26-,27-,31+,32?,41-/m1/s1. The van der Waals surface area contributed by atoms with Gasteiger partial charge in [-0.1, -0.05) is 50.6 Å². The summed E-state index contributed by atoms with van der Waals surface area (Å²) >= 11 is 0. The van der Waals surface area contributed by atoms with Crippen molar-refractivity contribution < 1.29 is 59.4 Å². The van der Waals surface area contributed by atoms with Gasteiger partial charge < -0.3 is 29.7 Å². The van der Waals surface area contributed by atoms with E-state index in [0.29, 0.717) is 69.4 Å². The van der Waals surface area contributed by atoms with Crippen LogP contribution in [-0.4, -0.2) is 102 Å². The average molecular weight is 880 g/mol. The predicted octanol–water partition coefficient (Wildman–Crippen LogP) is 5.57. The molecule has 19 heteroatoms. The molecule has 5 aliphatic rings. The molecule has 3 N–H and O–H groups in total. The molecule has 7 atom stereocenters. The Balaban J connectivity index is 1.25. The summed E-state index contributed by atoms with van der Waals surface area (Å²) in [6.07, 6.45) is -0.699. The molecule has 2 aliphatic carbocycles. The van der Waals surface area contributed by atoms with Gasteiger partial charge in [0.25, 0.3) is 5.91 Å². The van der Waals surface area contributed by atoms with Gasteiger partial charge in [0.1, 0.15) is 40.9 Å². The molecule has 1 saturated heterocycles. The molecule has 1 unspecified atom stereocenters. The number of nitrogens with zero attached hydrogens (tertiary/aromatic N) is 2. The minimum Gasteiger partial charge on any atom is -0.491 e. The molecule has 2 saturated carbocycles. The number of amides is 4. The minimum absolute atomic E-state index is 0.0192. The molecule has 0 radical (unpaired) electrons. The van der Waals surface area contributed by atoms with Crippen LogP contribution in [0.3, 0.4) is 0 Å². The Labute approximate surface area is 351 Å². The lowest BCUT2D eigenvalue weighted by molar-refractivity contribution is -0.244. The van der Waals surface area contributed by atoms with Gasteiger partial charge in [-0.05, 0) is 83.1 Å². The average Bonchev–Trinajstić information content (AvgIpc) is 4.11. The van der Waals surface area contributed by atoms with Crippen molar-refractivity contribution in [3.63, 3.8) is 0 Å². The van der Waals surface area contributed by atoms with Crippen molar-refractivity contribution in [2.45, 2.75) is 132 Å². The number of benzene rings is 1. The van der Waals surface area contributed by atoms with Crippen molar-refractivity contribution in [2.75, 3.05) is 19.8 Å². The number of alkyl halides is 4. The highest BCUT2D eigenvalue weighted by atomic mass is 32.2. The fourth-order valence-corrected chi connectivity index (χ4v) is 10.1. The highest BCUT2D eigenvalue weighted by Gasteiger charge is 2.64. The number of ether oxygens (including phenoxy) is 3. The minimum atomic E-state index is -4.93. The van der Waals surface area contributed by atoms with Crippen LogP contribution in [0, 0.1) is 17.8 Å². The number of carbonyl (C=O) groups is 4. The number of rotatable bonds is 9. The summed E-state index contributed by atoms with van der Waals surface area (Å²) in [4.78, 5) is 62.9. The van der Waals surface area contributed by atoms with E-state index in [1.54, 1.807) is 25.1 Å². The van der Waals surface area contributed by atoms with E-state index in [-0.39, 0.29) is 44.0 Å². The lowest BCUT2D eigenvalue weighted by atomic mass is 9.85. The van der Waals surface area contributed by atoms with Crippen molar-refractivity contribution >= 4 is 44.6 Å². The number of pyridine rings is 1. The van der Waals surface area contributed by atoms with Crippen LogP contribution < -0.4 is 24.8 Å². The summed E-state index contributed by atoms with van der Waals surface area (Å²) < 4.78 is 99.6. The van der Waals surface area contributed by atoms with Gasteiger partial charge in [0, 0.05) is 23.1 Å². The molecule has 0 bridgehead atoms. The molecular formula is C42H53F4N5O9S. The zero-order chi connectivity index (χ0) is 44.1. The molecule has 0 spiro atoms. The number of halogens is 4. The van der Waals surface area contributed by atoms with E-state index in [1.165, 1.54) is 4.90 Å². The van der Waals surface area contributed by atoms with E-state index in [0.717, 1.165) is 11.8 Å². The lowest BCUT2D eigenvalue weighted by Crippen LogP contribution is -2.60. The zero-order valence-corrected chi connectivity index (χ0v) is 35.4. The first-order valence-electron chi connectivity index (χ1n) is 20.9. The smallest absolute Gasteiger partial charge is 0.427 e. The van der Waals surface area contributed by atoms with Crippen LogP contribution in [0.25, 0.3) is 10.8 Å². The van der Waals surface area contributed by atoms with Crippen molar-refractivity contribution in [3.8, 4) is 11.6 Å². The summed E-state index contributed by atoms with van der Waals surface area (Å²) in [5, 5.41) is 6.55. The molecule has 4 amide bonds. The van der Waals surface area contributed by atoms with E-state index in [2.05, 4.69) is 10.6 Å². The number of hydrogen-bond acceptors (Lipinski definition) is 10. The highest BCUT2D eigenvalue weighted by molar-refractivity contribution is 7.91. The number of nitrogens with one attached hydrogen (secondary N) is 3. The van der Waals surface area contributed by atoms with E-state index in [9.17, 15) is 45.2 Å². The molecule has 1 aromatic heterocycles. The van der Waals surface area contributed by atoms with Crippen LogP contribution in [0.1, 0.15) is 91.2 Å². The topological polar surface area (TPSA) is 182 Å².